The standard InChI is InChI=1S/C27H20BrN3O13/c28-23-13-21(43-26(33)16-3-9-19(10-4-16)30(37)38)24(44-27(34)17-5-11-20(12-6-17)31(39)40)22(42-23)14-41-25(32)15-1-7-18(8-2-15)29(35)36/h1-12,21-24H,13-14H2/t21-,22-,23-,24-/m1/s1. The maximum Gasteiger partial charge on any atom is 0.338 e. The number of nitrogens with zero attached hydrogens (tertiary/aromatic N) is 3. The first-order chi connectivity index (χ1) is 20.9. The molecule has 4 rings (SSSR count). The van der Waals surface area contributed by atoms with Crippen LogP contribution >= 0.6 is 15.9 Å². The van der Waals surface area contributed by atoms with Gasteiger partial charge in [-0.25, -0.2) is 14.4 Å². The second-order valence-corrected chi connectivity index (χ2v) is 10.2. The Hall–Kier alpha value is -5.29. The highest BCUT2D eigenvalue weighted by Gasteiger charge is 2.44. The Morgan fingerprint density at radius 2 is 1.07 bits per heavy atom. The van der Waals surface area contributed by atoms with Gasteiger partial charge >= 0.3 is 17.9 Å². The van der Waals surface area contributed by atoms with Crippen molar-refractivity contribution in [2.45, 2.75) is 29.7 Å². The number of esters is 3. The molecule has 0 spiro atoms. The molecule has 17 heteroatoms. The number of benzene rings is 3. The molecule has 44 heavy (non-hydrogen) atoms. The van der Waals surface area contributed by atoms with Gasteiger partial charge in [-0.15, -0.1) is 0 Å². The predicted molar refractivity (Wildman–Crippen MR) is 150 cm³/mol. The van der Waals surface area contributed by atoms with E-state index in [0.29, 0.717) is 0 Å². The van der Waals surface area contributed by atoms with E-state index >= 15 is 0 Å². The summed E-state index contributed by atoms with van der Waals surface area (Å²) in [7, 11) is 0. The zero-order valence-corrected chi connectivity index (χ0v) is 23.8. The van der Waals surface area contributed by atoms with E-state index in [2.05, 4.69) is 15.9 Å². The van der Waals surface area contributed by atoms with Gasteiger partial charge in [-0.3, -0.25) is 30.3 Å². The molecule has 0 N–H and O–H groups in total. The van der Waals surface area contributed by atoms with Crippen LogP contribution in [-0.2, 0) is 18.9 Å². The molecule has 1 saturated heterocycles. The summed E-state index contributed by atoms with van der Waals surface area (Å²) in [5, 5.41) is 32.1. The molecule has 0 amide bonds. The molecule has 228 valence electrons. The van der Waals surface area contributed by atoms with Crippen LogP contribution in [0.4, 0.5) is 17.1 Å². The van der Waals surface area contributed by atoms with Gasteiger partial charge in [-0.05, 0) is 36.4 Å². The minimum Gasteiger partial charge on any atom is -0.459 e. The third-order valence-corrected chi connectivity index (χ3v) is 6.88. The molecule has 0 saturated carbocycles. The summed E-state index contributed by atoms with van der Waals surface area (Å²) in [5.41, 5.74) is -0.875. The fraction of sp³-hybridized carbons (Fsp3) is 0.222. The van der Waals surface area contributed by atoms with Crippen LogP contribution in [0.5, 0.6) is 0 Å². The Bertz CT molecular complexity index is 1580. The lowest BCUT2D eigenvalue weighted by Gasteiger charge is -2.38. The molecule has 3 aromatic rings. The van der Waals surface area contributed by atoms with Crippen LogP contribution in [0.15, 0.2) is 72.8 Å². The molecular formula is C27H20BrN3O13. The van der Waals surface area contributed by atoms with Crippen LogP contribution in [0.25, 0.3) is 0 Å². The molecule has 0 aromatic heterocycles. The van der Waals surface area contributed by atoms with Crippen molar-refractivity contribution in [1.29, 1.82) is 0 Å². The first kappa shape index (κ1) is 31.6. The van der Waals surface area contributed by atoms with Gasteiger partial charge < -0.3 is 18.9 Å². The number of hydrogen-bond donors (Lipinski definition) is 0. The van der Waals surface area contributed by atoms with Crippen molar-refractivity contribution in [1.82, 2.24) is 0 Å². The molecule has 0 unspecified atom stereocenters. The number of nitro benzene ring substituents is 3. The number of non-ortho nitro benzene ring substituents is 3. The summed E-state index contributed by atoms with van der Waals surface area (Å²) in [6.45, 7) is -0.512. The van der Waals surface area contributed by atoms with Crippen LogP contribution in [0.2, 0.25) is 0 Å². The Morgan fingerprint density at radius 3 is 1.48 bits per heavy atom. The predicted octanol–water partition coefficient (Wildman–Crippen LogP) is 4.53. The Balaban J connectivity index is 1.55. The van der Waals surface area contributed by atoms with E-state index in [0.717, 1.165) is 36.4 Å². The monoisotopic (exact) mass is 673 g/mol. The highest BCUT2D eigenvalue weighted by molar-refractivity contribution is 9.09. The van der Waals surface area contributed by atoms with Gasteiger partial charge in [0.05, 0.1) is 31.5 Å². The van der Waals surface area contributed by atoms with Crippen LogP contribution in [-0.4, -0.2) is 62.6 Å². The summed E-state index contributed by atoms with van der Waals surface area (Å²) >= 11 is 3.28. The van der Waals surface area contributed by atoms with E-state index in [9.17, 15) is 44.7 Å². The third-order valence-electron chi connectivity index (χ3n) is 6.29. The molecule has 0 aliphatic carbocycles. The summed E-state index contributed by atoms with van der Waals surface area (Å²) in [6, 6.07) is 13.7. The number of hydrogen-bond acceptors (Lipinski definition) is 13. The van der Waals surface area contributed by atoms with Crippen molar-refractivity contribution >= 4 is 50.9 Å². The molecule has 1 aliphatic rings. The highest BCUT2D eigenvalue weighted by Crippen LogP contribution is 2.30. The smallest absolute Gasteiger partial charge is 0.338 e. The Kier molecular flexibility index (Phi) is 9.92. The molecular weight excluding hydrogens is 654 g/mol. The lowest BCUT2D eigenvalue weighted by atomic mass is 10.0. The van der Waals surface area contributed by atoms with Gasteiger partial charge in [0, 0.05) is 42.8 Å². The normalized spacial score (nSPS) is 19.3. The third kappa shape index (κ3) is 7.75. The van der Waals surface area contributed by atoms with Crippen LogP contribution in [0, 0.1) is 30.3 Å². The summed E-state index contributed by atoms with van der Waals surface area (Å²) in [4.78, 5) is 69.5. The summed E-state index contributed by atoms with van der Waals surface area (Å²) in [6.07, 6.45) is -3.78. The molecule has 0 radical (unpaired) electrons. The molecule has 1 heterocycles. The SMILES string of the molecule is O=C(OC[C@H]1O[C@@H](Br)C[C@@H](OC(=O)c2ccc([N+](=O)[O-])cc2)[C@H]1OC(=O)c1ccc([N+](=O)[O-])cc1)c1ccc([N+](=O)[O-])cc1. The van der Waals surface area contributed by atoms with Crippen molar-refractivity contribution in [2.75, 3.05) is 6.61 Å². The Morgan fingerprint density at radius 1 is 0.682 bits per heavy atom. The largest absolute Gasteiger partial charge is 0.459 e. The van der Waals surface area contributed by atoms with Gasteiger partial charge in [-0.1, -0.05) is 15.9 Å². The summed E-state index contributed by atoms with van der Waals surface area (Å²) < 4.78 is 22.4. The minimum absolute atomic E-state index is 0.0117. The van der Waals surface area contributed by atoms with Crippen molar-refractivity contribution in [3.8, 4) is 0 Å². The Labute approximate surface area is 255 Å². The van der Waals surface area contributed by atoms with Gasteiger partial charge in [0.2, 0.25) is 0 Å². The van der Waals surface area contributed by atoms with E-state index in [1.165, 1.54) is 36.4 Å². The molecule has 1 aliphatic heterocycles. The lowest BCUT2D eigenvalue weighted by molar-refractivity contribution is -0.385. The second kappa shape index (κ2) is 13.8. The van der Waals surface area contributed by atoms with Gasteiger partial charge in [0.25, 0.3) is 17.1 Å². The van der Waals surface area contributed by atoms with Gasteiger partial charge in [0.1, 0.15) is 23.8 Å². The van der Waals surface area contributed by atoms with E-state index in [1.54, 1.807) is 0 Å². The van der Waals surface area contributed by atoms with Gasteiger partial charge in [0.15, 0.2) is 6.10 Å². The van der Waals surface area contributed by atoms with Crippen molar-refractivity contribution < 1.29 is 48.1 Å². The average molecular weight is 674 g/mol. The molecule has 1 fully saturated rings. The van der Waals surface area contributed by atoms with Crippen LogP contribution < -0.4 is 0 Å². The number of nitro groups is 3. The molecule has 16 nitrogen and oxygen atoms in total. The van der Waals surface area contributed by atoms with Crippen molar-refractivity contribution in [3.05, 3.63) is 120 Å². The van der Waals surface area contributed by atoms with Crippen molar-refractivity contribution in [3.63, 3.8) is 0 Å². The zero-order chi connectivity index (χ0) is 32.0. The van der Waals surface area contributed by atoms with Crippen LogP contribution in [0.3, 0.4) is 0 Å². The van der Waals surface area contributed by atoms with E-state index in [-0.39, 0.29) is 40.2 Å². The number of carbonyl (C=O) groups is 3. The maximum absolute atomic E-state index is 13.0. The van der Waals surface area contributed by atoms with Crippen LogP contribution in [0.1, 0.15) is 37.5 Å². The number of rotatable bonds is 10. The van der Waals surface area contributed by atoms with E-state index in [4.69, 9.17) is 18.9 Å². The summed E-state index contributed by atoms with van der Waals surface area (Å²) in [5.74, 6) is -2.73. The number of carbonyl (C=O) groups excluding carboxylic acids is 3. The highest BCUT2D eigenvalue weighted by atomic mass is 79.9. The molecule has 0 bridgehead atoms. The topological polar surface area (TPSA) is 218 Å². The van der Waals surface area contributed by atoms with E-state index < -0.39 is 62.6 Å². The second-order valence-electron chi connectivity index (χ2n) is 9.14. The first-order valence-electron chi connectivity index (χ1n) is 12.5. The lowest BCUT2D eigenvalue weighted by Crippen LogP contribution is -2.52. The fourth-order valence-corrected chi connectivity index (χ4v) is 4.72. The zero-order valence-electron chi connectivity index (χ0n) is 22.2. The maximum atomic E-state index is 13.0. The fourth-order valence-electron chi connectivity index (χ4n) is 4.08. The first-order valence-corrected chi connectivity index (χ1v) is 13.5. The van der Waals surface area contributed by atoms with Crippen molar-refractivity contribution in [2.24, 2.45) is 0 Å². The molecule has 3 aromatic carbocycles. The number of ether oxygens (including phenoxy) is 4. The number of alkyl halides is 1. The number of halogens is 1. The average Bonchev–Trinajstić information content (AvgIpc) is 3.01. The quantitative estimate of drug-likeness (QED) is 0.0950. The van der Waals surface area contributed by atoms with Gasteiger partial charge in [-0.2, -0.15) is 0 Å². The van der Waals surface area contributed by atoms with E-state index in [1.807, 2.05) is 0 Å². The molecule has 4 atom stereocenters. The minimum atomic E-state index is -1.36.